The van der Waals surface area contributed by atoms with E-state index in [9.17, 15) is 13.2 Å². The van der Waals surface area contributed by atoms with Crippen molar-refractivity contribution in [2.24, 2.45) is 0 Å². The number of carbonyl (C=O) groups excluding carboxylic acids is 1. The summed E-state index contributed by atoms with van der Waals surface area (Å²) >= 11 is 11.9. The lowest BCUT2D eigenvalue weighted by molar-refractivity contribution is 0.102. The standard InChI is InChI=1S/C20H16Cl2N2O3S/c1-13-4-2-3-5-18(13)24-28(26,27)19-12-14(6-11-17(19)22)20(25)23-16-9-7-15(21)8-10-16/h2-12,24H,1H3,(H,23,25). The Hall–Kier alpha value is -2.54. The Morgan fingerprint density at radius 3 is 2.29 bits per heavy atom. The van der Waals surface area contributed by atoms with Gasteiger partial charge in [-0.1, -0.05) is 41.4 Å². The van der Waals surface area contributed by atoms with Crippen LogP contribution in [0.4, 0.5) is 11.4 Å². The molecule has 2 N–H and O–H groups in total. The van der Waals surface area contributed by atoms with E-state index in [1.165, 1.54) is 18.2 Å². The monoisotopic (exact) mass is 434 g/mol. The van der Waals surface area contributed by atoms with E-state index in [1.54, 1.807) is 49.4 Å². The molecule has 3 aromatic rings. The molecule has 0 atom stereocenters. The minimum Gasteiger partial charge on any atom is -0.322 e. The van der Waals surface area contributed by atoms with Gasteiger partial charge in [-0.2, -0.15) is 0 Å². The van der Waals surface area contributed by atoms with E-state index in [-0.39, 0.29) is 15.5 Å². The molecule has 0 aliphatic carbocycles. The highest BCUT2D eigenvalue weighted by Crippen LogP contribution is 2.26. The average molecular weight is 435 g/mol. The molecular formula is C20H16Cl2N2O3S. The number of halogens is 2. The van der Waals surface area contributed by atoms with Crippen LogP contribution in [0.25, 0.3) is 0 Å². The van der Waals surface area contributed by atoms with Gasteiger partial charge in [0.05, 0.1) is 10.7 Å². The Labute approximate surface area is 173 Å². The van der Waals surface area contributed by atoms with Crippen LogP contribution in [0.3, 0.4) is 0 Å². The van der Waals surface area contributed by atoms with E-state index in [4.69, 9.17) is 23.2 Å². The minimum atomic E-state index is -3.98. The number of aryl methyl sites for hydroxylation is 1. The van der Waals surface area contributed by atoms with Crippen LogP contribution < -0.4 is 10.0 Å². The maximum absolute atomic E-state index is 12.8. The fourth-order valence-corrected chi connectivity index (χ4v) is 4.26. The van der Waals surface area contributed by atoms with E-state index in [0.29, 0.717) is 16.4 Å². The highest BCUT2D eigenvalue weighted by molar-refractivity contribution is 7.92. The van der Waals surface area contributed by atoms with Gasteiger partial charge in [-0.15, -0.1) is 0 Å². The van der Waals surface area contributed by atoms with Crippen molar-refractivity contribution in [3.63, 3.8) is 0 Å². The summed E-state index contributed by atoms with van der Waals surface area (Å²) in [6, 6.07) is 17.6. The second-order valence-electron chi connectivity index (χ2n) is 6.03. The van der Waals surface area contributed by atoms with E-state index in [0.717, 1.165) is 5.56 Å². The molecule has 0 bridgehead atoms. The van der Waals surface area contributed by atoms with Crippen molar-refractivity contribution in [1.29, 1.82) is 0 Å². The summed E-state index contributed by atoms with van der Waals surface area (Å²) in [5.41, 5.74) is 1.89. The summed E-state index contributed by atoms with van der Waals surface area (Å²) < 4.78 is 28.1. The van der Waals surface area contributed by atoms with Crippen LogP contribution in [0.5, 0.6) is 0 Å². The molecule has 0 heterocycles. The van der Waals surface area contributed by atoms with Crippen LogP contribution in [0.15, 0.2) is 71.6 Å². The zero-order chi connectivity index (χ0) is 20.3. The third-order valence-electron chi connectivity index (χ3n) is 3.97. The van der Waals surface area contributed by atoms with Gasteiger partial charge in [-0.25, -0.2) is 8.42 Å². The summed E-state index contributed by atoms with van der Waals surface area (Å²) in [6.45, 7) is 1.79. The van der Waals surface area contributed by atoms with Crippen molar-refractivity contribution < 1.29 is 13.2 Å². The number of anilines is 2. The lowest BCUT2D eigenvalue weighted by Gasteiger charge is -2.13. The van der Waals surface area contributed by atoms with Gasteiger partial charge in [-0.05, 0) is 61.0 Å². The Balaban J connectivity index is 1.89. The van der Waals surface area contributed by atoms with Crippen molar-refractivity contribution in [3.05, 3.63) is 87.9 Å². The van der Waals surface area contributed by atoms with Gasteiger partial charge in [0.1, 0.15) is 4.90 Å². The number of benzene rings is 3. The van der Waals surface area contributed by atoms with Gasteiger partial charge in [0.2, 0.25) is 0 Å². The molecule has 0 fully saturated rings. The first-order valence-electron chi connectivity index (χ1n) is 8.21. The Morgan fingerprint density at radius 2 is 1.61 bits per heavy atom. The van der Waals surface area contributed by atoms with Crippen LogP contribution in [-0.4, -0.2) is 14.3 Å². The number of carbonyl (C=O) groups is 1. The molecule has 0 aliphatic heterocycles. The van der Waals surface area contributed by atoms with Gasteiger partial charge >= 0.3 is 0 Å². The average Bonchev–Trinajstić information content (AvgIpc) is 2.65. The SMILES string of the molecule is Cc1ccccc1NS(=O)(=O)c1cc(C(=O)Nc2ccc(Cl)cc2)ccc1Cl. The summed E-state index contributed by atoms with van der Waals surface area (Å²) in [5, 5.41) is 3.25. The molecule has 3 aromatic carbocycles. The molecule has 0 spiro atoms. The fourth-order valence-electron chi connectivity index (χ4n) is 2.47. The first-order chi connectivity index (χ1) is 13.3. The smallest absolute Gasteiger partial charge is 0.263 e. The number of hydrogen-bond acceptors (Lipinski definition) is 3. The topological polar surface area (TPSA) is 75.3 Å². The number of nitrogens with one attached hydrogen (secondary N) is 2. The lowest BCUT2D eigenvalue weighted by atomic mass is 10.2. The second kappa shape index (κ2) is 8.22. The number of amides is 1. The van der Waals surface area contributed by atoms with Crippen LogP contribution >= 0.6 is 23.2 Å². The van der Waals surface area contributed by atoms with Crippen LogP contribution in [0, 0.1) is 6.92 Å². The number of rotatable bonds is 5. The molecule has 0 saturated carbocycles. The molecule has 144 valence electrons. The predicted octanol–water partition coefficient (Wildman–Crippen LogP) is 5.35. The van der Waals surface area contributed by atoms with Crippen molar-refractivity contribution in [3.8, 4) is 0 Å². The van der Waals surface area contributed by atoms with Gasteiger partial charge in [0, 0.05) is 16.3 Å². The zero-order valence-corrected chi connectivity index (χ0v) is 17.1. The number of sulfonamides is 1. The zero-order valence-electron chi connectivity index (χ0n) is 14.7. The van der Waals surface area contributed by atoms with Gasteiger partial charge in [-0.3, -0.25) is 9.52 Å². The maximum Gasteiger partial charge on any atom is 0.263 e. The van der Waals surface area contributed by atoms with E-state index in [2.05, 4.69) is 10.0 Å². The summed E-state index contributed by atoms with van der Waals surface area (Å²) in [5.74, 6) is -0.466. The summed E-state index contributed by atoms with van der Waals surface area (Å²) in [6.07, 6.45) is 0. The predicted molar refractivity (Wildman–Crippen MR) is 113 cm³/mol. The molecule has 3 rings (SSSR count). The minimum absolute atomic E-state index is 0.0177. The van der Waals surface area contributed by atoms with Gasteiger partial charge < -0.3 is 5.32 Å². The third kappa shape index (κ3) is 4.65. The quantitative estimate of drug-likeness (QED) is 0.567. The van der Waals surface area contributed by atoms with Crippen molar-refractivity contribution in [2.45, 2.75) is 11.8 Å². The van der Waals surface area contributed by atoms with Crippen molar-refractivity contribution in [2.75, 3.05) is 10.0 Å². The molecule has 0 radical (unpaired) electrons. The van der Waals surface area contributed by atoms with E-state index < -0.39 is 15.9 Å². The highest BCUT2D eigenvalue weighted by atomic mass is 35.5. The van der Waals surface area contributed by atoms with Crippen LogP contribution in [0.2, 0.25) is 10.0 Å². The Kier molecular flexibility index (Phi) is 5.93. The second-order valence-corrected chi connectivity index (χ2v) is 8.52. The van der Waals surface area contributed by atoms with E-state index >= 15 is 0 Å². The van der Waals surface area contributed by atoms with E-state index in [1.807, 2.05) is 6.07 Å². The molecule has 8 heteroatoms. The first-order valence-corrected chi connectivity index (χ1v) is 10.4. The highest BCUT2D eigenvalue weighted by Gasteiger charge is 2.21. The molecule has 0 aromatic heterocycles. The van der Waals surface area contributed by atoms with Crippen molar-refractivity contribution >= 4 is 50.5 Å². The summed E-state index contributed by atoms with van der Waals surface area (Å²) in [4.78, 5) is 12.3. The molecule has 0 unspecified atom stereocenters. The first kappa shape index (κ1) is 20.2. The van der Waals surface area contributed by atoms with Gasteiger partial charge in [0.15, 0.2) is 0 Å². The fraction of sp³-hybridized carbons (Fsp3) is 0.0500. The molecule has 28 heavy (non-hydrogen) atoms. The molecular weight excluding hydrogens is 419 g/mol. The Morgan fingerprint density at radius 1 is 0.929 bits per heavy atom. The van der Waals surface area contributed by atoms with Crippen LogP contribution in [0.1, 0.15) is 15.9 Å². The Bertz CT molecular complexity index is 1130. The van der Waals surface area contributed by atoms with Gasteiger partial charge in [0.25, 0.3) is 15.9 Å². The van der Waals surface area contributed by atoms with Crippen molar-refractivity contribution in [1.82, 2.24) is 0 Å². The molecule has 0 aliphatic rings. The third-order valence-corrected chi connectivity index (χ3v) is 6.07. The number of para-hydroxylation sites is 1. The normalized spacial score (nSPS) is 11.1. The molecule has 0 saturated heterocycles. The molecule has 1 amide bonds. The summed E-state index contributed by atoms with van der Waals surface area (Å²) in [7, 11) is -3.98. The lowest BCUT2D eigenvalue weighted by Crippen LogP contribution is -2.17. The maximum atomic E-state index is 12.8. The molecule has 5 nitrogen and oxygen atoms in total. The number of hydrogen-bond donors (Lipinski definition) is 2. The van der Waals surface area contributed by atoms with Crippen LogP contribution in [-0.2, 0) is 10.0 Å². The largest absolute Gasteiger partial charge is 0.322 e.